The first-order chi connectivity index (χ1) is 11.6. The zero-order chi connectivity index (χ0) is 19.1. The Morgan fingerprint density at radius 1 is 1.12 bits per heavy atom. The maximum atomic E-state index is 12.9. The van der Waals surface area contributed by atoms with Crippen LogP contribution in [-0.4, -0.2) is 61.8 Å². The predicted molar refractivity (Wildman–Crippen MR) is 103 cm³/mol. The van der Waals surface area contributed by atoms with Crippen LogP contribution in [-0.2, 0) is 24.6 Å². The molecule has 0 spiro atoms. The van der Waals surface area contributed by atoms with Crippen molar-refractivity contribution < 1.29 is 22.3 Å². The largest absolute Gasteiger partial charge is 0.332 e. The highest BCUT2D eigenvalue weighted by Gasteiger charge is 2.32. The van der Waals surface area contributed by atoms with Gasteiger partial charge in [0.15, 0.2) is 0 Å². The van der Waals surface area contributed by atoms with Crippen LogP contribution in [0.15, 0.2) is 29.2 Å². The van der Waals surface area contributed by atoms with Gasteiger partial charge in [-0.25, -0.2) is 8.93 Å². The fraction of sp³-hybridized carbons (Fsp3) is 0.647. The second kappa shape index (κ2) is 9.95. The highest BCUT2D eigenvalue weighted by molar-refractivity contribution is 7.83. The average molecular weight is 391 g/mol. The number of quaternary nitrogens is 1. The number of nitrogens with zero attached hydrogens (tertiary/aromatic N) is 1. The van der Waals surface area contributed by atoms with Crippen LogP contribution in [0.3, 0.4) is 0 Å². The Kier molecular flexibility index (Phi) is 8.95. The van der Waals surface area contributed by atoms with Crippen LogP contribution in [0.4, 0.5) is 0 Å². The Bertz CT molecular complexity index is 592. The monoisotopic (exact) mass is 391 g/mol. The SMILES string of the molecule is CCOP(=O)(C[C@@H](C[N+](C)(C)C)N[S@@](=O)c1ccc(C)cc1)OCC. The zero-order valence-electron chi connectivity index (χ0n) is 16.2. The fourth-order valence-corrected chi connectivity index (χ4v) is 5.40. The van der Waals surface area contributed by atoms with Crippen LogP contribution in [0.1, 0.15) is 19.4 Å². The molecule has 0 saturated heterocycles. The molecule has 0 aliphatic carbocycles. The molecule has 1 rings (SSSR count). The van der Waals surface area contributed by atoms with Crippen molar-refractivity contribution >= 4 is 18.6 Å². The minimum atomic E-state index is -3.22. The van der Waals surface area contributed by atoms with E-state index in [1.54, 1.807) is 13.8 Å². The molecule has 0 unspecified atom stereocenters. The number of likely N-dealkylation sites (N-methyl/N-ethyl adjacent to an activating group) is 1. The molecule has 0 aromatic heterocycles. The Labute approximate surface area is 154 Å². The summed E-state index contributed by atoms with van der Waals surface area (Å²) in [5, 5.41) is 0. The second-order valence-electron chi connectivity index (χ2n) is 7.00. The van der Waals surface area contributed by atoms with Crippen LogP contribution in [0.5, 0.6) is 0 Å². The molecule has 144 valence electrons. The van der Waals surface area contributed by atoms with Gasteiger partial charge in [0.05, 0.1) is 58.0 Å². The van der Waals surface area contributed by atoms with E-state index in [2.05, 4.69) is 4.72 Å². The van der Waals surface area contributed by atoms with E-state index < -0.39 is 18.6 Å². The Morgan fingerprint density at radius 3 is 2.08 bits per heavy atom. The summed E-state index contributed by atoms with van der Waals surface area (Å²) in [7, 11) is 1.50. The zero-order valence-corrected chi connectivity index (χ0v) is 17.9. The molecular weight excluding hydrogens is 359 g/mol. The van der Waals surface area contributed by atoms with Crippen LogP contribution in [0, 0.1) is 6.92 Å². The van der Waals surface area contributed by atoms with Gasteiger partial charge in [-0.2, -0.15) is 0 Å². The minimum Gasteiger partial charge on any atom is -0.330 e. The van der Waals surface area contributed by atoms with Crippen molar-refractivity contribution in [2.24, 2.45) is 0 Å². The van der Waals surface area contributed by atoms with Crippen LogP contribution in [0.25, 0.3) is 0 Å². The smallest absolute Gasteiger partial charge is 0.330 e. The Morgan fingerprint density at radius 2 is 1.64 bits per heavy atom. The van der Waals surface area contributed by atoms with Gasteiger partial charge in [-0.15, -0.1) is 0 Å². The summed E-state index contributed by atoms with van der Waals surface area (Å²) in [5.74, 6) is 0. The number of aryl methyl sites for hydroxylation is 1. The lowest BCUT2D eigenvalue weighted by molar-refractivity contribution is -0.871. The summed E-state index contributed by atoms with van der Waals surface area (Å²) in [6, 6.07) is 7.26. The molecular formula is C17H32N2O4PS+. The standard InChI is InChI=1S/C17H32N2O4PS/c1-7-22-24(20,23-8-2)14-16(13-19(4,5)6)18-25(21)17-11-9-15(3)10-12-17/h9-12,16,18H,7-8,13-14H2,1-6H3/q+1/t16-,25+/m1/s1. The Balaban J connectivity index is 2.93. The summed E-state index contributed by atoms with van der Waals surface area (Å²) in [6.07, 6.45) is 0.182. The van der Waals surface area contributed by atoms with E-state index in [0.717, 1.165) is 5.56 Å². The highest BCUT2D eigenvalue weighted by Crippen LogP contribution is 2.48. The van der Waals surface area contributed by atoms with E-state index in [0.29, 0.717) is 29.1 Å². The maximum Gasteiger partial charge on any atom is 0.332 e. The van der Waals surface area contributed by atoms with Crippen LogP contribution in [0.2, 0.25) is 0 Å². The molecule has 0 aliphatic rings. The molecule has 0 saturated carbocycles. The van der Waals surface area contributed by atoms with E-state index >= 15 is 0 Å². The first-order valence-electron chi connectivity index (χ1n) is 8.51. The summed E-state index contributed by atoms with van der Waals surface area (Å²) >= 11 is 0. The molecule has 0 radical (unpaired) electrons. The number of rotatable bonds is 11. The van der Waals surface area contributed by atoms with Crippen LogP contribution >= 0.6 is 7.60 Å². The maximum absolute atomic E-state index is 12.9. The van der Waals surface area contributed by atoms with Crippen molar-refractivity contribution in [1.29, 1.82) is 0 Å². The van der Waals surface area contributed by atoms with E-state index in [-0.39, 0.29) is 12.2 Å². The number of nitrogens with one attached hydrogen (secondary N) is 1. The van der Waals surface area contributed by atoms with Crippen molar-refractivity contribution in [3.8, 4) is 0 Å². The molecule has 6 nitrogen and oxygen atoms in total. The molecule has 0 heterocycles. The van der Waals surface area contributed by atoms with E-state index in [1.807, 2.05) is 52.3 Å². The molecule has 1 aromatic carbocycles. The van der Waals surface area contributed by atoms with Gasteiger partial charge in [-0.1, -0.05) is 17.7 Å². The van der Waals surface area contributed by atoms with Crippen LogP contribution < -0.4 is 4.72 Å². The summed E-state index contributed by atoms with van der Waals surface area (Å²) < 4.78 is 40.1. The number of hydrogen-bond acceptors (Lipinski definition) is 4. The van der Waals surface area contributed by atoms with Gasteiger partial charge in [0.2, 0.25) is 0 Å². The first kappa shape index (κ1) is 22.5. The molecule has 0 aliphatic heterocycles. The predicted octanol–water partition coefficient (Wildman–Crippen LogP) is 2.95. The van der Waals surface area contributed by atoms with Crippen molar-refractivity contribution in [1.82, 2.24) is 4.72 Å². The van der Waals surface area contributed by atoms with Crippen molar-refractivity contribution in [2.75, 3.05) is 47.1 Å². The van der Waals surface area contributed by atoms with Gasteiger partial charge in [0.1, 0.15) is 11.0 Å². The van der Waals surface area contributed by atoms with Gasteiger partial charge in [0, 0.05) is 0 Å². The normalized spacial score (nSPS) is 15.1. The third-order valence-electron chi connectivity index (χ3n) is 3.37. The van der Waals surface area contributed by atoms with Gasteiger partial charge in [0.25, 0.3) is 0 Å². The third-order valence-corrected chi connectivity index (χ3v) is 6.81. The van der Waals surface area contributed by atoms with E-state index in [4.69, 9.17) is 9.05 Å². The fourth-order valence-electron chi connectivity index (χ4n) is 2.48. The van der Waals surface area contributed by atoms with Crippen molar-refractivity contribution in [2.45, 2.75) is 31.7 Å². The lowest BCUT2D eigenvalue weighted by Gasteiger charge is -2.31. The quantitative estimate of drug-likeness (QED) is 0.465. The molecule has 0 amide bonds. The topological polar surface area (TPSA) is 64.6 Å². The van der Waals surface area contributed by atoms with Crippen molar-refractivity contribution in [3.05, 3.63) is 29.8 Å². The summed E-state index contributed by atoms with van der Waals surface area (Å²) in [6.45, 7) is 6.84. The number of hydrogen-bond donors (Lipinski definition) is 1. The summed E-state index contributed by atoms with van der Waals surface area (Å²) in [4.78, 5) is 0.694. The van der Waals surface area contributed by atoms with Gasteiger partial charge in [-0.05, 0) is 32.9 Å². The molecule has 0 bridgehead atoms. The third kappa shape index (κ3) is 8.58. The lowest BCUT2D eigenvalue weighted by Crippen LogP contribution is -2.49. The number of benzene rings is 1. The highest BCUT2D eigenvalue weighted by atomic mass is 32.2. The molecule has 1 N–H and O–H groups in total. The van der Waals surface area contributed by atoms with Gasteiger partial charge < -0.3 is 13.5 Å². The first-order valence-corrected chi connectivity index (χ1v) is 11.4. The molecule has 8 heteroatoms. The molecule has 1 aromatic rings. The molecule has 25 heavy (non-hydrogen) atoms. The van der Waals surface area contributed by atoms with Gasteiger partial charge >= 0.3 is 7.60 Å². The lowest BCUT2D eigenvalue weighted by atomic mass is 10.2. The minimum absolute atomic E-state index is 0.182. The average Bonchev–Trinajstić information content (AvgIpc) is 2.46. The van der Waals surface area contributed by atoms with E-state index in [9.17, 15) is 8.77 Å². The van der Waals surface area contributed by atoms with E-state index in [1.165, 1.54) is 0 Å². The molecule has 2 atom stereocenters. The second-order valence-corrected chi connectivity index (χ2v) is 10.3. The van der Waals surface area contributed by atoms with Crippen molar-refractivity contribution in [3.63, 3.8) is 0 Å². The van der Waals surface area contributed by atoms with Gasteiger partial charge in [-0.3, -0.25) is 4.57 Å². The Hall–Kier alpha value is -0.560. The molecule has 0 fully saturated rings. The summed E-state index contributed by atoms with van der Waals surface area (Å²) in [5.41, 5.74) is 1.11.